The number of benzene rings is 3. The lowest BCUT2D eigenvalue weighted by Crippen LogP contribution is -2.35. The molecule has 4 nitrogen and oxygen atoms in total. The topological polar surface area (TPSA) is 50.7 Å². The molecule has 1 atom stereocenters. The van der Waals surface area contributed by atoms with Crippen molar-refractivity contribution in [3.63, 3.8) is 0 Å². The van der Waals surface area contributed by atoms with E-state index < -0.39 is 25.2 Å². The molecule has 0 saturated carbocycles. The Morgan fingerprint density at radius 1 is 0.926 bits per heavy atom. The van der Waals surface area contributed by atoms with Gasteiger partial charge in [0.25, 0.3) is 0 Å². The van der Waals surface area contributed by atoms with Gasteiger partial charge in [-0.15, -0.1) is 0 Å². The summed E-state index contributed by atoms with van der Waals surface area (Å²) in [4.78, 5) is 0. The van der Waals surface area contributed by atoms with Crippen molar-refractivity contribution in [1.82, 2.24) is 5.32 Å². The third kappa shape index (κ3) is 5.46. The molecule has 0 fully saturated rings. The highest BCUT2D eigenvalue weighted by atomic mass is 16.5. The molecular formula is C23H27NO3. The van der Waals surface area contributed by atoms with Crippen molar-refractivity contribution in [2.75, 3.05) is 13.1 Å². The summed E-state index contributed by atoms with van der Waals surface area (Å²) in [7, 11) is 0. The smallest absolute Gasteiger partial charge is 0.127 e. The van der Waals surface area contributed by atoms with Gasteiger partial charge in [-0.1, -0.05) is 68.4 Å². The lowest BCUT2D eigenvalue weighted by atomic mass is 10.1. The van der Waals surface area contributed by atoms with Crippen LogP contribution in [0.2, 0.25) is 0 Å². The van der Waals surface area contributed by atoms with E-state index in [2.05, 4.69) is 5.32 Å². The summed E-state index contributed by atoms with van der Waals surface area (Å²) in [6, 6.07) is 19.4. The van der Waals surface area contributed by atoms with Crippen molar-refractivity contribution in [2.45, 2.75) is 32.6 Å². The van der Waals surface area contributed by atoms with Gasteiger partial charge in [0, 0.05) is 26.1 Å². The minimum absolute atomic E-state index is 0.0590. The highest BCUT2D eigenvalue weighted by molar-refractivity contribution is 5.93. The zero-order valence-electron chi connectivity index (χ0n) is 20.4. The number of ether oxygens (including phenoxy) is 2. The Morgan fingerprint density at radius 3 is 2.19 bits per heavy atom. The molecule has 4 heteroatoms. The second kappa shape index (κ2) is 9.40. The minimum Gasteiger partial charge on any atom is -0.490 e. The lowest BCUT2D eigenvalue weighted by Gasteiger charge is -2.16. The molecule has 3 aromatic rings. The number of fused-ring (bicyclic) bond motifs is 1. The minimum atomic E-state index is -3.24. The van der Waals surface area contributed by atoms with Crippen LogP contribution in [-0.2, 0) is 6.61 Å². The Hall–Kier alpha value is -2.56. The molecule has 142 valence electrons. The standard InChI is InChI=1S/C23H27NO3/c1-17(2)24-14-19(25)16-27-23-13-7-10-20-21(23)11-6-12-22(20)26-15-18-8-4-3-5-9-18/h3-13,17,19,24-25H,14-16H2,1-2H3/i14D2,16D2,19D. The Morgan fingerprint density at radius 2 is 1.56 bits per heavy atom. The molecule has 0 aromatic heterocycles. The maximum absolute atomic E-state index is 10.5. The van der Waals surface area contributed by atoms with Crippen molar-refractivity contribution in [3.05, 3.63) is 72.3 Å². The Kier molecular flexibility index (Phi) is 4.73. The van der Waals surface area contributed by atoms with E-state index in [1.807, 2.05) is 30.3 Å². The van der Waals surface area contributed by atoms with Crippen molar-refractivity contribution < 1.29 is 21.4 Å². The molecule has 0 spiro atoms. The largest absolute Gasteiger partial charge is 0.490 e. The highest BCUT2D eigenvalue weighted by Gasteiger charge is 2.10. The summed E-state index contributed by atoms with van der Waals surface area (Å²) >= 11 is 0. The van der Waals surface area contributed by atoms with E-state index >= 15 is 0 Å². The van der Waals surface area contributed by atoms with Gasteiger partial charge in [-0.2, -0.15) is 0 Å². The number of hydrogen-bond acceptors (Lipinski definition) is 4. The van der Waals surface area contributed by atoms with Crippen LogP contribution in [0.5, 0.6) is 11.5 Å². The quantitative estimate of drug-likeness (QED) is 0.594. The normalized spacial score (nSPS) is 17.3. The zero-order valence-corrected chi connectivity index (χ0v) is 15.4. The fourth-order valence-corrected chi connectivity index (χ4v) is 2.54. The van der Waals surface area contributed by atoms with Crippen molar-refractivity contribution in [1.29, 1.82) is 0 Å². The van der Waals surface area contributed by atoms with E-state index in [1.165, 1.54) is 6.07 Å². The molecule has 0 bridgehead atoms. The average Bonchev–Trinajstić information content (AvgIpc) is 2.72. The molecule has 0 amide bonds. The highest BCUT2D eigenvalue weighted by Crippen LogP contribution is 2.32. The Balaban J connectivity index is 1.90. The summed E-state index contributed by atoms with van der Waals surface area (Å²) < 4.78 is 51.8. The predicted molar refractivity (Wildman–Crippen MR) is 109 cm³/mol. The molecule has 0 aliphatic rings. The Labute approximate surface area is 167 Å². The molecule has 3 aromatic carbocycles. The van der Waals surface area contributed by atoms with Crippen molar-refractivity contribution in [2.24, 2.45) is 0 Å². The van der Waals surface area contributed by atoms with E-state index in [0.29, 0.717) is 23.1 Å². The lowest BCUT2D eigenvalue weighted by molar-refractivity contribution is 0.105. The number of hydrogen-bond donors (Lipinski definition) is 2. The van der Waals surface area contributed by atoms with Crippen LogP contribution in [0.15, 0.2) is 66.7 Å². The van der Waals surface area contributed by atoms with Crippen LogP contribution >= 0.6 is 0 Å². The van der Waals surface area contributed by atoms with Gasteiger partial charge in [-0.05, 0) is 17.7 Å². The van der Waals surface area contributed by atoms with Crippen LogP contribution in [0, 0.1) is 0 Å². The van der Waals surface area contributed by atoms with Crippen LogP contribution in [0.4, 0.5) is 0 Å². The van der Waals surface area contributed by atoms with E-state index in [4.69, 9.17) is 16.3 Å². The maximum Gasteiger partial charge on any atom is 0.127 e. The van der Waals surface area contributed by atoms with Gasteiger partial charge in [-0.25, -0.2) is 0 Å². The van der Waals surface area contributed by atoms with Gasteiger partial charge < -0.3 is 19.9 Å². The molecule has 27 heavy (non-hydrogen) atoms. The summed E-state index contributed by atoms with van der Waals surface area (Å²) in [6.45, 7) is -2.25. The van der Waals surface area contributed by atoms with E-state index in [1.54, 1.807) is 44.2 Å². The fraction of sp³-hybridized carbons (Fsp3) is 0.304. The summed E-state index contributed by atoms with van der Waals surface area (Å²) in [6.07, 6.45) is -3.24. The number of aliphatic hydroxyl groups is 1. The zero-order chi connectivity index (χ0) is 23.6. The molecular weight excluding hydrogens is 338 g/mol. The van der Waals surface area contributed by atoms with E-state index in [9.17, 15) is 5.11 Å². The molecule has 0 aliphatic carbocycles. The summed E-state index contributed by atoms with van der Waals surface area (Å²) in [5.74, 6) is 0.624. The average molecular weight is 371 g/mol. The van der Waals surface area contributed by atoms with Gasteiger partial charge >= 0.3 is 0 Å². The first kappa shape index (κ1) is 13.6. The van der Waals surface area contributed by atoms with Crippen LogP contribution in [0.3, 0.4) is 0 Å². The molecule has 2 N–H and O–H groups in total. The summed E-state index contributed by atoms with van der Waals surface area (Å²) in [5, 5.41) is 14.1. The number of rotatable bonds is 9. The molecule has 0 radical (unpaired) electrons. The van der Waals surface area contributed by atoms with E-state index in [-0.39, 0.29) is 5.75 Å². The third-order valence-electron chi connectivity index (χ3n) is 3.82. The number of nitrogens with one attached hydrogen (secondary N) is 1. The first-order valence-corrected chi connectivity index (χ1v) is 8.82. The molecule has 0 saturated heterocycles. The maximum atomic E-state index is 10.5. The van der Waals surface area contributed by atoms with Crippen LogP contribution < -0.4 is 14.8 Å². The Bertz CT molecular complexity index is 1060. The monoisotopic (exact) mass is 370 g/mol. The molecule has 0 aliphatic heterocycles. The summed E-state index contributed by atoms with van der Waals surface area (Å²) in [5.41, 5.74) is 0.993. The third-order valence-corrected chi connectivity index (χ3v) is 3.82. The predicted octanol–water partition coefficient (Wildman–Crippen LogP) is 4.16. The van der Waals surface area contributed by atoms with Gasteiger partial charge in [-0.3, -0.25) is 0 Å². The van der Waals surface area contributed by atoms with Gasteiger partial charge in [0.1, 0.15) is 30.7 Å². The van der Waals surface area contributed by atoms with Gasteiger partial charge in [0.2, 0.25) is 0 Å². The second-order valence-electron chi connectivity index (χ2n) is 6.36. The van der Waals surface area contributed by atoms with Crippen LogP contribution in [0.1, 0.15) is 26.3 Å². The van der Waals surface area contributed by atoms with Crippen molar-refractivity contribution >= 4 is 10.8 Å². The molecule has 1 unspecified atom stereocenters. The first-order valence-electron chi connectivity index (χ1n) is 11.3. The van der Waals surface area contributed by atoms with E-state index in [0.717, 1.165) is 5.56 Å². The molecule has 3 rings (SSSR count). The fourth-order valence-electron chi connectivity index (χ4n) is 2.54. The van der Waals surface area contributed by atoms with Crippen LogP contribution in [-0.4, -0.2) is 30.3 Å². The van der Waals surface area contributed by atoms with Gasteiger partial charge in [0.15, 0.2) is 0 Å². The van der Waals surface area contributed by atoms with Crippen LogP contribution in [0.25, 0.3) is 10.8 Å². The first-order chi connectivity index (χ1) is 14.9. The molecule has 0 heterocycles. The SMILES string of the molecule is [2H]C([2H])(NC(C)C)C([2H])(O)C([2H])([2H])Oc1cccc2c(OCc3ccccc3)cccc12. The van der Waals surface area contributed by atoms with Gasteiger partial charge in [0.05, 0.1) is 4.11 Å². The van der Waals surface area contributed by atoms with Crippen molar-refractivity contribution in [3.8, 4) is 11.5 Å². The second-order valence-corrected chi connectivity index (χ2v) is 6.36.